The molecular weight excluding hydrogens is 427 g/mol. The molecular formula is C13H17BrCl2F4N2O. The zero-order valence-electron chi connectivity index (χ0n) is 11.9. The number of alkyl halides is 4. The molecule has 0 aliphatic carbocycles. The van der Waals surface area contributed by atoms with Crippen LogP contribution < -0.4 is 10.1 Å². The fourth-order valence-electron chi connectivity index (χ4n) is 2.37. The number of halogens is 7. The number of hydrogen-bond donors (Lipinski definition) is 1. The summed E-state index contributed by atoms with van der Waals surface area (Å²) < 4.78 is 55.5. The van der Waals surface area contributed by atoms with Crippen molar-refractivity contribution < 1.29 is 22.3 Å². The summed E-state index contributed by atoms with van der Waals surface area (Å²) in [7, 11) is 0. The molecule has 0 unspecified atom stereocenters. The van der Waals surface area contributed by atoms with Crippen LogP contribution in [0, 0.1) is 0 Å². The predicted molar refractivity (Wildman–Crippen MR) is 88.5 cm³/mol. The van der Waals surface area contributed by atoms with E-state index in [2.05, 4.69) is 26.0 Å². The van der Waals surface area contributed by atoms with Crippen molar-refractivity contribution >= 4 is 40.7 Å². The third-order valence-corrected chi connectivity index (χ3v) is 3.79. The molecule has 0 radical (unpaired) electrons. The van der Waals surface area contributed by atoms with Gasteiger partial charge in [-0.05, 0) is 18.2 Å². The van der Waals surface area contributed by atoms with Gasteiger partial charge in [0.05, 0.1) is 6.04 Å². The van der Waals surface area contributed by atoms with E-state index in [9.17, 15) is 17.6 Å². The first kappa shape index (κ1) is 22.7. The molecule has 1 aromatic carbocycles. The Morgan fingerprint density at radius 3 is 2.35 bits per heavy atom. The van der Waals surface area contributed by atoms with Crippen LogP contribution in [-0.4, -0.2) is 44.1 Å². The van der Waals surface area contributed by atoms with Crippen LogP contribution in [0.1, 0.15) is 11.6 Å². The van der Waals surface area contributed by atoms with Crippen molar-refractivity contribution in [3.63, 3.8) is 0 Å². The van der Waals surface area contributed by atoms with Gasteiger partial charge in [0, 0.05) is 36.2 Å². The molecule has 3 nitrogen and oxygen atoms in total. The Morgan fingerprint density at radius 2 is 1.83 bits per heavy atom. The van der Waals surface area contributed by atoms with Crippen LogP contribution in [0.2, 0.25) is 0 Å². The number of nitrogens with one attached hydrogen (secondary N) is 1. The van der Waals surface area contributed by atoms with E-state index in [0.717, 1.165) is 0 Å². The van der Waals surface area contributed by atoms with Gasteiger partial charge in [0.25, 0.3) is 0 Å². The van der Waals surface area contributed by atoms with Gasteiger partial charge < -0.3 is 10.1 Å². The van der Waals surface area contributed by atoms with Crippen molar-refractivity contribution in [1.82, 2.24) is 10.2 Å². The van der Waals surface area contributed by atoms with Crippen LogP contribution in [0.5, 0.6) is 5.75 Å². The second-order valence-electron chi connectivity index (χ2n) is 4.69. The smallest absolute Gasteiger partial charge is 0.405 e. The maximum atomic E-state index is 13.5. The minimum Gasteiger partial charge on any atom is -0.405 e. The average Bonchev–Trinajstić information content (AvgIpc) is 2.42. The molecule has 0 spiro atoms. The van der Waals surface area contributed by atoms with Gasteiger partial charge in [0.1, 0.15) is 12.4 Å². The summed E-state index contributed by atoms with van der Waals surface area (Å²) >= 11 is 3.21. The van der Waals surface area contributed by atoms with Crippen molar-refractivity contribution in [2.24, 2.45) is 0 Å². The highest BCUT2D eigenvalue weighted by Gasteiger charge is 2.34. The molecule has 1 fully saturated rings. The van der Waals surface area contributed by atoms with Crippen LogP contribution in [0.3, 0.4) is 0 Å². The molecule has 1 saturated heterocycles. The van der Waals surface area contributed by atoms with Gasteiger partial charge in [0.2, 0.25) is 0 Å². The topological polar surface area (TPSA) is 24.5 Å². The van der Waals surface area contributed by atoms with E-state index in [1.54, 1.807) is 0 Å². The Kier molecular flexibility index (Phi) is 9.76. The Labute approximate surface area is 152 Å². The van der Waals surface area contributed by atoms with Gasteiger partial charge >= 0.3 is 6.36 Å². The Morgan fingerprint density at radius 1 is 1.22 bits per heavy atom. The number of ether oxygens (including phenoxy) is 1. The molecule has 0 amide bonds. The van der Waals surface area contributed by atoms with E-state index in [1.165, 1.54) is 18.2 Å². The van der Waals surface area contributed by atoms with Gasteiger partial charge in [-0.1, -0.05) is 15.9 Å². The molecule has 1 aromatic rings. The lowest BCUT2D eigenvalue weighted by Crippen LogP contribution is -2.45. The maximum Gasteiger partial charge on any atom is 0.573 e. The zero-order chi connectivity index (χ0) is 15.5. The molecule has 1 N–H and O–H groups in total. The minimum atomic E-state index is -4.80. The third kappa shape index (κ3) is 6.62. The molecule has 1 aliphatic rings. The quantitative estimate of drug-likeness (QED) is 0.709. The highest BCUT2D eigenvalue weighted by atomic mass is 79.9. The third-order valence-electron chi connectivity index (χ3n) is 3.30. The standard InChI is InChI=1S/C13H15BrF4N2O.2ClH/c14-9-1-2-12(21-13(16,17)18)10(7-9)11(8-15)20-5-3-19-4-6-20;;/h1-2,7,11,19H,3-6,8H2;2*1H/t11-;;/m0../s1. The summed E-state index contributed by atoms with van der Waals surface area (Å²) in [5.41, 5.74) is 0.200. The minimum absolute atomic E-state index is 0. The number of nitrogens with zero attached hydrogens (tertiary/aromatic N) is 1. The highest BCUT2D eigenvalue weighted by molar-refractivity contribution is 9.10. The SMILES string of the molecule is Cl.Cl.FC[C@@H](c1cc(Br)ccc1OC(F)(F)F)N1CCNCC1. The first-order valence-electron chi connectivity index (χ1n) is 6.46. The fourth-order valence-corrected chi connectivity index (χ4v) is 2.75. The molecule has 0 saturated carbocycles. The summed E-state index contributed by atoms with van der Waals surface area (Å²) in [6.45, 7) is 1.74. The Hall–Kier alpha value is -0.280. The van der Waals surface area contributed by atoms with Crippen molar-refractivity contribution in [1.29, 1.82) is 0 Å². The van der Waals surface area contributed by atoms with Crippen LogP contribution in [0.15, 0.2) is 22.7 Å². The maximum absolute atomic E-state index is 13.5. The van der Waals surface area contributed by atoms with Crippen LogP contribution in [-0.2, 0) is 0 Å². The second-order valence-corrected chi connectivity index (χ2v) is 5.60. The summed E-state index contributed by atoms with van der Waals surface area (Å²) in [5.74, 6) is -0.355. The summed E-state index contributed by atoms with van der Waals surface area (Å²) in [5, 5.41) is 3.12. The van der Waals surface area contributed by atoms with Crippen molar-refractivity contribution in [3.8, 4) is 5.75 Å². The molecule has 1 atom stereocenters. The number of hydrogen-bond acceptors (Lipinski definition) is 3. The Balaban J connectivity index is 0.00000242. The van der Waals surface area contributed by atoms with E-state index in [-0.39, 0.29) is 36.1 Å². The number of benzene rings is 1. The second kappa shape index (κ2) is 9.88. The van der Waals surface area contributed by atoms with E-state index in [0.29, 0.717) is 30.7 Å². The van der Waals surface area contributed by atoms with E-state index < -0.39 is 19.1 Å². The van der Waals surface area contributed by atoms with Crippen LogP contribution >= 0.6 is 40.7 Å². The fraction of sp³-hybridized carbons (Fsp3) is 0.538. The highest BCUT2D eigenvalue weighted by Crippen LogP contribution is 2.35. The lowest BCUT2D eigenvalue weighted by atomic mass is 10.0. The molecule has 0 aromatic heterocycles. The van der Waals surface area contributed by atoms with Gasteiger partial charge in [-0.2, -0.15) is 0 Å². The first-order chi connectivity index (χ1) is 9.90. The van der Waals surface area contributed by atoms with Gasteiger partial charge in [-0.15, -0.1) is 38.0 Å². The van der Waals surface area contributed by atoms with Gasteiger partial charge in [0.15, 0.2) is 0 Å². The zero-order valence-corrected chi connectivity index (χ0v) is 15.1. The number of rotatable bonds is 4. The van der Waals surface area contributed by atoms with Gasteiger partial charge in [-0.3, -0.25) is 4.90 Å². The molecule has 23 heavy (non-hydrogen) atoms. The van der Waals surface area contributed by atoms with Crippen LogP contribution in [0.4, 0.5) is 17.6 Å². The summed E-state index contributed by atoms with van der Waals surface area (Å²) in [6.07, 6.45) is -4.80. The van der Waals surface area contributed by atoms with Gasteiger partial charge in [-0.25, -0.2) is 4.39 Å². The van der Waals surface area contributed by atoms with Crippen molar-refractivity contribution in [3.05, 3.63) is 28.2 Å². The first-order valence-corrected chi connectivity index (χ1v) is 7.26. The largest absolute Gasteiger partial charge is 0.573 e. The van der Waals surface area contributed by atoms with Crippen molar-refractivity contribution in [2.45, 2.75) is 12.4 Å². The summed E-state index contributed by atoms with van der Waals surface area (Å²) in [6, 6.07) is 3.38. The monoisotopic (exact) mass is 442 g/mol. The van der Waals surface area contributed by atoms with Crippen molar-refractivity contribution in [2.75, 3.05) is 32.9 Å². The normalized spacial score (nSPS) is 16.9. The predicted octanol–water partition coefficient (Wildman–Crippen LogP) is 4.11. The molecule has 0 bridgehead atoms. The summed E-state index contributed by atoms with van der Waals surface area (Å²) in [4.78, 5) is 1.82. The molecule has 1 heterocycles. The molecule has 2 rings (SSSR count). The van der Waals surface area contributed by atoms with E-state index in [1.807, 2.05) is 4.90 Å². The van der Waals surface area contributed by atoms with E-state index in [4.69, 9.17) is 0 Å². The molecule has 10 heteroatoms. The lowest BCUT2D eigenvalue weighted by molar-refractivity contribution is -0.275. The van der Waals surface area contributed by atoms with E-state index >= 15 is 0 Å². The number of piperazine rings is 1. The van der Waals surface area contributed by atoms with Crippen LogP contribution in [0.25, 0.3) is 0 Å². The molecule has 1 aliphatic heterocycles. The lowest BCUT2D eigenvalue weighted by Gasteiger charge is -2.34. The molecule has 134 valence electrons. The average molecular weight is 444 g/mol. The Bertz CT molecular complexity index is 488.